The number of piperazine rings is 1. The molecule has 1 aliphatic heterocycles. The van der Waals surface area contributed by atoms with Gasteiger partial charge in [-0.05, 0) is 43.3 Å². The summed E-state index contributed by atoms with van der Waals surface area (Å²) in [5.74, 6) is -0.432. The van der Waals surface area contributed by atoms with E-state index in [2.05, 4.69) is 15.2 Å². The van der Waals surface area contributed by atoms with Gasteiger partial charge in [0.05, 0.1) is 5.39 Å². The number of halogens is 1. The summed E-state index contributed by atoms with van der Waals surface area (Å²) in [5.41, 5.74) is 1.12. The van der Waals surface area contributed by atoms with Crippen molar-refractivity contribution in [3.63, 3.8) is 0 Å². The minimum atomic E-state index is -0.734. The molecule has 0 spiro atoms. The summed E-state index contributed by atoms with van der Waals surface area (Å²) in [7, 11) is 0. The van der Waals surface area contributed by atoms with Crippen molar-refractivity contribution in [2.24, 2.45) is 0 Å². The zero-order valence-corrected chi connectivity index (χ0v) is 15.5. The molecule has 1 amide bonds. The van der Waals surface area contributed by atoms with E-state index in [0.717, 1.165) is 10.4 Å². The van der Waals surface area contributed by atoms with Gasteiger partial charge in [0.15, 0.2) is 0 Å². The summed E-state index contributed by atoms with van der Waals surface area (Å²) in [5, 5.41) is 8.45. The van der Waals surface area contributed by atoms with E-state index in [1.807, 2.05) is 0 Å². The Labute approximate surface area is 161 Å². The molecule has 1 fully saturated rings. The SMILES string of the molecule is CC(C(=O)N1CCN(c2ccc(F)cc2)CC1)n1nnc2ccccc2c1=O. The molecule has 1 unspecified atom stereocenters. The second kappa shape index (κ2) is 7.38. The quantitative estimate of drug-likeness (QED) is 0.692. The van der Waals surface area contributed by atoms with Crippen molar-refractivity contribution in [2.75, 3.05) is 31.1 Å². The smallest absolute Gasteiger partial charge is 0.278 e. The van der Waals surface area contributed by atoms with Crippen molar-refractivity contribution in [3.05, 3.63) is 64.7 Å². The van der Waals surface area contributed by atoms with Crippen molar-refractivity contribution in [1.29, 1.82) is 0 Å². The van der Waals surface area contributed by atoms with Gasteiger partial charge in [-0.3, -0.25) is 9.59 Å². The first kappa shape index (κ1) is 18.1. The second-order valence-electron chi connectivity index (χ2n) is 6.82. The van der Waals surface area contributed by atoms with Crippen molar-refractivity contribution >= 4 is 22.5 Å². The topological polar surface area (TPSA) is 71.3 Å². The Morgan fingerprint density at radius 2 is 1.71 bits per heavy atom. The van der Waals surface area contributed by atoms with Crippen LogP contribution in [0, 0.1) is 5.82 Å². The Morgan fingerprint density at radius 1 is 1.04 bits per heavy atom. The molecule has 144 valence electrons. The molecule has 0 radical (unpaired) electrons. The number of nitrogens with zero attached hydrogens (tertiary/aromatic N) is 5. The fraction of sp³-hybridized carbons (Fsp3) is 0.300. The zero-order chi connectivity index (χ0) is 19.7. The number of rotatable bonds is 3. The van der Waals surface area contributed by atoms with Gasteiger partial charge >= 0.3 is 0 Å². The first-order valence-corrected chi connectivity index (χ1v) is 9.18. The molecule has 4 rings (SSSR count). The van der Waals surface area contributed by atoms with Crippen LogP contribution in [0.4, 0.5) is 10.1 Å². The molecule has 0 aliphatic carbocycles. The fourth-order valence-electron chi connectivity index (χ4n) is 3.46. The maximum absolute atomic E-state index is 13.1. The summed E-state index contributed by atoms with van der Waals surface area (Å²) in [6, 6.07) is 12.5. The molecule has 0 saturated carbocycles. The van der Waals surface area contributed by atoms with Crippen LogP contribution >= 0.6 is 0 Å². The lowest BCUT2D eigenvalue weighted by Gasteiger charge is -2.37. The molecule has 2 heterocycles. The van der Waals surface area contributed by atoms with Crippen LogP contribution in [0.3, 0.4) is 0 Å². The van der Waals surface area contributed by atoms with Crippen LogP contribution in [0.15, 0.2) is 53.3 Å². The zero-order valence-electron chi connectivity index (χ0n) is 15.5. The summed E-state index contributed by atoms with van der Waals surface area (Å²) < 4.78 is 14.2. The molecule has 28 heavy (non-hydrogen) atoms. The first-order chi connectivity index (χ1) is 13.5. The Hall–Kier alpha value is -3.29. The standard InChI is InChI=1S/C20H20FN5O2/c1-14(26-20(28)17-4-2-3-5-18(17)22-23-26)19(27)25-12-10-24(11-13-25)16-8-6-15(21)7-9-16/h2-9,14H,10-13H2,1H3. The maximum Gasteiger partial charge on any atom is 0.278 e. The number of hydrogen-bond acceptors (Lipinski definition) is 5. The van der Waals surface area contributed by atoms with Crippen LogP contribution in [-0.2, 0) is 4.79 Å². The molecule has 2 aromatic carbocycles. The van der Waals surface area contributed by atoms with Gasteiger partial charge in [-0.2, -0.15) is 4.68 Å². The van der Waals surface area contributed by atoms with E-state index in [4.69, 9.17) is 0 Å². The number of aromatic nitrogens is 3. The van der Waals surface area contributed by atoms with Crippen LogP contribution in [0.1, 0.15) is 13.0 Å². The Balaban J connectivity index is 1.47. The third-order valence-electron chi connectivity index (χ3n) is 5.10. The predicted octanol–water partition coefficient (Wildman–Crippen LogP) is 1.84. The van der Waals surface area contributed by atoms with Crippen molar-refractivity contribution < 1.29 is 9.18 Å². The van der Waals surface area contributed by atoms with Gasteiger partial charge in [-0.15, -0.1) is 5.10 Å². The Bertz CT molecular complexity index is 1060. The van der Waals surface area contributed by atoms with E-state index >= 15 is 0 Å². The van der Waals surface area contributed by atoms with Gasteiger partial charge in [-0.25, -0.2) is 4.39 Å². The molecular weight excluding hydrogens is 361 g/mol. The Kier molecular flexibility index (Phi) is 4.77. The first-order valence-electron chi connectivity index (χ1n) is 9.18. The van der Waals surface area contributed by atoms with Crippen molar-refractivity contribution in [3.8, 4) is 0 Å². The Morgan fingerprint density at radius 3 is 2.43 bits per heavy atom. The number of hydrogen-bond donors (Lipinski definition) is 0. The summed E-state index contributed by atoms with van der Waals surface area (Å²) in [4.78, 5) is 29.4. The molecular formula is C20H20FN5O2. The van der Waals surface area contributed by atoms with Crippen LogP contribution in [0.5, 0.6) is 0 Å². The third kappa shape index (κ3) is 3.33. The van der Waals surface area contributed by atoms with Gasteiger partial charge in [0.1, 0.15) is 17.4 Å². The van der Waals surface area contributed by atoms with Crippen LogP contribution in [-0.4, -0.2) is 52.0 Å². The van der Waals surface area contributed by atoms with Crippen LogP contribution < -0.4 is 10.5 Å². The van der Waals surface area contributed by atoms with E-state index in [9.17, 15) is 14.0 Å². The van der Waals surface area contributed by atoms with E-state index < -0.39 is 6.04 Å². The summed E-state index contributed by atoms with van der Waals surface area (Å²) in [6.45, 7) is 4.00. The third-order valence-corrected chi connectivity index (χ3v) is 5.10. The highest BCUT2D eigenvalue weighted by Crippen LogP contribution is 2.18. The number of fused-ring (bicyclic) bond motifs is 1. The van der Waals surface area contributed by atoms with Gasteiger partial charge in [0, 0.05) is 31.9 Å². The number of carbonyl (C=O) groups is 1. The van der Waals surface area contributed by atoms with Gasteiger partial charge in [0.2, 0.25) is 5.91 Å². The molecule has 1 saturated heterocycles. The highest BCUT2D eigenvalue weighted by atomic mass is 19.1. The number of anilines is 1. The van der Waals surface area contributed by atoms with Crippen LogP contribution in [0.25, 0.3) is 10.9 Å². The van der Waals surface area contributed by atoms with Gasteiger partial charge in [0.25, 0.3) is 5.56 Å². The molecule has 7 nitrogen and oxygen atoms in total. The van der Waals surface area contributed by atoms with Gasteiger partial charge < -0.3 is 9.80 Å². The number of carbonyl (C=O) groups excluding carboxylic acids is 1. The molecule has 1 aromatic heterocycles. The largest absolute Gasteiger partial charge is 0.368 e. The molecule has 0 N–H and O–H groups in total. The number of benzene rings is 2. The molecule has 0 bridgehead atoms. The van der Waals surface area contributed by atoms with Crippen molar-refractivity contribution in [1.82, 2.24) is 19.9 Å². The highest BCUT2D eigenvalue weighted by Gasteiger charge is 2.27. The lowest BCUT2D eigenvalue weighted by molar-refractivity contribution is -0.135. The molecule has 1 aliphatic rings. The van der Waals surface area contributed by atoms with Gasteiger partial charge in [-0.1, -0.05) is 17.3 Å². The monoisotopic (exact) mass is 381 g/mol. The highest BCUT2D eigenvalue weighted by molar-refractivity contribution is 5.81. The normalized spacial score (nSPS) is 15.6. The van der Waals surface area contributed by atoms with E-state index in [1.165, 1.54) is 12.1 Å². The minimum absolute atomic E-state index is 0.162. The summed E-state index contributed by atoms with van der Waals surface area (Å²) >= 11 is 0. The molecule has 1 atom stereocenters. The predicted molar refractivity (Wildman–Crippen MR) is 104 cm³/mol. The van der Waals surface area contributed by atoms with E-state index in [1.54, 1.807) is 48.2 Å². The number of amides is 1. The fourth-order valence-corrected chi connectivity index (χ4v) is 3.46. The van der Waals surface area contributed by atoms with Crippen molar-refractivity contribution in [2.45, 2.75) is 13.0 Å². The maximum atomic E-state index is 13.1. The lowest BCUT2D eigenvalue weighted by atomic mass is 10.2. The van der Waals surface area contributed by atoms with E-state index in [0.29, 0.717) is 37.1 Å². The summed E-state index contributed by atoms with van der Waals surface area (Å²) in [6.07, 6.45) is 0. The second-order valence-corrected chi connectivity index (χ2v) is 6.82. The minimum Gasteiger partial charge on any atom is -0.368 e. The molecule has 8 heteroatoms. The molecule has 3 aromatic rings. The van der Waals surface area contributed by atoms with Crippen LogP contribution in [0.2, 0.25) is 0 Å². The van der Waals surface area contributed by atoms with E-state index in [-0.39, 0.29) is 17.3 Å². The average Bonchev–Trinajstić information content (AvgIpc) is 2.74. The lowest BCUT2D eigenvalue weighted by Crippen LogP contribution is -2.51. The average molecular weight is 381 g/mol.